The van der Waals surface area contributed by atoms with Crippen LogP contribution in [0, 0.1) is 0 Å². The van der Waals surface area contributed by atoms with Crippen molar-refractivity contribution in [3.8, 4) is 5.75 Å². The first-order valence-corrected chi connectivity index (χ1v) is 6.50. The van der Waals surface area contributed by atoms with Crippen molar-refractivity contribution in [1.82, 2.24) is 0 Å². The van der Waals surface area contributed by atoms with Crippen LogP contribution in [-0.4, -0.2) is 0 Å². The van der Waals surface area contributed by atoms with Gasteiger partial charge in [0.05, 0.1) is 11.3 Å². The highest BCUT2D eigenvalue weighted by Crippen LogP contribution is 2.30. The van der Waals surface area contributed by atoms with Gasteiger partial charge in [0.1, 0.15) is 18.1 Å². The number of furan rings is 1. The minimum Gasteiger partial charge on any atom is -0.486 e. The molecule has 0 spiro atoms. The molecule has 0 fully saturated rings. The molecule has 0 radical (unpaired) electrons. The molecular weight excluding hydrogens is 295 g/mol. The number of para-hydroxylation sites is 1. The summed E-state index contributed by atoms with van der Waals surface area (Å²) in [5.41, 5.74) is 6.18. The van der Waals surface area contributed by atoms with Gasteiger partial charge in [-0.25, -0.2) is 0 Å². The van der Waals surface area contributed by atoms with E-state index in [1.165, 1.54) is 12.1 Å². The highest BCUT2D eigenvalue weighted by Gasteiger charge is 2.30. The molecule has 6 heteroatoms. The Bertz CT molecular complexity index is 791. The molecule has 2 N–H and O–H groups in total. The third kappa shape index (κ3) is 2.86. The van der Waals surface area contributed by atoms with Crippen LogP contribution in [0.4, 0.5) is 18.9 Å². The summed E-state index contributed by atoms with van der Waals surface area (Å²) in [6.45, 7) is 0.111. The first-order valence-electron chi connectivity index (χ1n) is 6.50. The molecule has 1 heterocycles. The molecule has 0 unspecified atom stereocenters. The summed E-state index contributed by atoms with van der Waals surface area (Å²) in [7, 11) is 0. The highest BCUT2D eigenvalue weighted by molar-refractivity contribution is 5.88. The molecule has 3 rings (SSSR count). The summed E-state index contributed by atoms with van der Waals surface area (Å²) in [5, 5.41) is 0.853. The lowest BCUT2D eigenvalue weighted by atomic mass is 10.2. The third-order valence-corrected chi connectivity index (χ3v) is 3.19. The van der Waals surface area contributed by atoms with Crippen LogP contribution in [0.25, 0.3) is 11.0 Å². The monoisotopic (exact) mass is 307 g/mol. The molecule has 3 nitrogen and oxygen atoms in total. The van der Waals surface area contributed by atoms with Gasteiger partial charge in [-0.05, 0) is 36.4 Å². The van der Waals surface area contributed by atoms with Gasteiger partial charge in [-0.3, -0.25) is 0 Å². The molecule has 114 valence electrons. The zero-order valence-electron chi connectivity index (χ0n) is 11.4. The molecule has 2 aromatic carbocycles. The Morgan fingerprint density at radius 3 is 2.41 bits per heavy atom. The lowest BCUT2D eigenvalue weighted by molar-refractivity contribution is -0.137. The van der Waals surface area contributed by atoms with E-state index in [4.69, 9.17) is 14.9 Å². The molecule has 0 bridgehead atoms. The fourth-order valence-electron chi connectivity index (χ4n) is 2.10. The number of anilines is 1. The molecule has 0 aliphatic rings. The third-order valence-electron chi connectivity index (χ3n) is 3.19. The van der Waals surface area contributed by atoms with Gasteiger partial charge >= 0.3 is 6.18 Å². The number of hydrogen-bond donors (Lipinski definition) is 1. The van der Waals surface area contributed by atoms with Crippen LogP contribution in [0.2, 0.25) is 0 Å². The topological polar surface area (TPSA) is 48.4 Å². The number of benzene rings is 2. The summed E-state index contributed by atoms with van der Waals surface area (Å²) in [6, 6.07) is 11.7. The van der Waals surface area contributed by atoms with Crippen molar-refractivity contribution < 1.29 is 22.3 Å². The minimum absolute atomic E-state index is 0.111. The molecule has 0 saturated heterocycles. The van der Waals surface area contributed by atoms with Gasteiger partial charge in [-0.15, -0.1) is 0 Å². The molecule has 0 aliphatic heterocycles. The van der Waals surface area contributed by atoms with Gasteiger partial charge in [0.25, 0.3) is 0 Å². The number of nitrogens with two attached hydrogens (primary N) is 1. The lowest BCUT2D eigenvalue weighted by Crippen LogP contribution is -2.04. The minimum atomic E-state index is -4.35. The number of hydrogen-bond acceptors (Lipinski definition) is 3. The molecule has 3 aromatic rings. The maximum Gasteiger partial charge on any atom is 0.416 e. The van der Waals surface area contributed by atoms with E-state index in [0.29, 0.717) is 22.8 Å². The molecule has 22 heavy (non-hydrogen) atoms. The average molecular weight is 307 g/mol. The Balaban J connectivity index is 1.72. The van der Waals surface area contributed by atoms with E-state index in [9.17, 15) is 13.2 Å². The van der Waals surface area contributed by atoms with Gasteiger partial charge in [-0.1, -0.05) is 12.1 Å². The summed E-state index contributed by atoms with van der Waals surface area (Å²) in [6.07, 6.45) is -4.35. The predicted molar refractivity (Wildman–Crippen MR) is 76.4 cm³/mol. The van der Waals surface area contributed by atoms with Crippen molar-refractivity contribution in [2.24, 2.45) is 0 Å². The Labute approximate surface area is 124 Å². The fraction of sp³-hybridized carbons (Fsp3) is 0.125. The van der Waals surface area contributed by atoms with E-state index in [1.54, 1.807) is 12.1 Å². The van der Waals surface area contributed by atoms with Crippen molar-refractivity contribution >= 4 is 16.7 Å². The van der Waals surface area contributed by atoms with Crippen LogP contribution in [0.5, 0.6) is 5.75 Å². The van der Waals surface area contributed by atoms with Crippen LogP contribution in [0.15, 0.2) is 52.9 Å². The van der Waals surface area contributed by atoms with E-state index in [2.05, 4.69) is 0 Å². The fourth-order valence-corrected chi connectivity index (χ4v) is 2.10. The van der Waals surface area contributed by atoms with Gasteiger partial charge < -0.3 is 14.9 Å². The Hall–Kier alpha value is -2.63. The first kappa shape index (κ1) is 14.3. The molecule has 0 saturated carbocycles. The zero-order valence-corrected chi connectivity index (χ0v) is 11.4. The largest absolute Gasteiger partial charge is 0.486 e. The maximum absolute atomic E-state index is 12.5. The number of halogens is 3. The van der Waals surface area contributed by atoms with Crippen LogP contribution < -0.4 is 10.5 Å². The van der Waals surface area contributed by atoms with Crippen LogP contribution in [0.1, 0.15) is 11.3 Å². The normalized spacial score (nSPS) is 11.8. The van der Waals surface area contributed by atoms with Gasteiger partial charge in [0.2, 0.25) is 0 Å². The van der Waals surface area contributed by atoms with E-state index >= 15 is 0 Å². The maximum atomic E-state index is 12.5. The van der Waals surface area contributed by atoms with Crippen LogP contribution in [-0.2, 0) is 12.8 Å². The lowest BCUT2D eigenvalue weighted by Gasteiger charge is -2.08. The smallest absolute Gasteiger partial charge is 0.416 e. The van der Waals surface area contributed by atoms with Gasteiger partial charge in [-0.2, -0.15) is 13.2 Å². The van der Waals surface area contributed by atoms with Crippen LogP contribution >= 0.6 is 0 Å². The van der Waals surface area contributed by atoms with Crippen molar-refractivity contribution in [3.05, 3.63) is 59.9 Å². The summed E-state index contributed by atoms with van der Waals surface area (Å²) < 4.78 is 48.4. The molecule has 0 atom stereocenters. The number of alkyl halides is 3. The van der Waals surface area contributed by atoms with E-state index < -0.39 is 11.7 Å². The number of rotatable bonds is 3. The van der Waals surface area contributed by atoms with E-state index in [1.807, 2.05) is 12.1 Å². The Kier molecular flexibility index (Phi) is 3.44. The van der Waals surface area contributed by atoms with Gasteiger partial charge in [0, 0.05) is 5.39 Å². The second-order valence-corrected chi connectivity index (χ2v) is 4.79. The van der Waals surface area contributed by atoms with Crippen molar-refractivity contribution in [3.63, 3.8) is 0 Å². The zero-order chi connectivity index (χ0) is 15.7. The standard InChI is InChI=1S/C16H12F3NO2/c17-16(18,19)11-4-6-12(7-5-11)21-9-13-8-10-2-1-3-14(20)15(10)22-13/h1-8H,9,20H2. The van der Waals surface area contributed by atoms with Crippen LogP contribution in [0.3, 0.4) is 0 Å². The predicted octanol–water partition coefficient (Wildman–Crippen LogP) is 4.61. The van der Waals surface area contributed by atoms with Crippen molar-refractivity contribution in [2.75, 3.05) is 5.73 Å². The Morgan fingerprint density at radius 1 is 1.05 bits per heavy atom. The second-order valence-electron chi connectivity index (χ2n) is 4.79. The van der Waals surface area contributed by atoms with Gasteiger partial charge in [0.15, 0.2) is 5.58 Å². The van der Waals surface area contributed by atoms with Crippen molar-refractivity contribution in [2.45, 2.75) is 12.8 Å². The highest BCUT2D eigenvalue weighted by atomic mass is 19.4. The van der Waals surface area contributed by atoms with E-state index in [0.717, 1.165) is 17.5 Å². The number of nitrogen functional groups attached to an aromatic ring is 1. The van der Waals surface area contributed by atoms with E-state index in [-0.39, 0.29) is 6.61 Å². The summed E-state index contributed by atoms with van der Waals surface area (Å²) in [4.78, 5) is 0. The second kappa shape index (κ2) is 5.29. The van der Waals surface area contributed by atoms with Crippen molar-refractivity contribution in [1.29, 1.82) is 0 Å². The first-order chi connectivity index (χ1) is 10.4. The number of ether oxygens (including phenoxy) is 1. The molecule has 0 aliphatic carbocycles. The SMILES string of the molecule is Nc1cccc2cc(COc3ccc(C(F)(F)F)cc3)oc12. The molecule has 1 aromatic heterocycles. The average Bonchev–Trinajstić information content (AvgIpc) is 2.89. The summed E-state index contributed by atoms with van der Waals surface area (Å²) >= 11 is 0. The Morgan fingerprint density at radius 2 is 1.77 bits per heavy atom. The molecule has 0 amide bonds. The number of fused-ring (bicyclic) bond motifs is 1. The molecular formula is C16H12F3NO2. The summed E-state index contributed by atoms with van der Waals surface area (Å²) in [5.74, 6) is 0.884. The quantitative estimate of drug-likeness (QED) is 0.719.